The Bertz CT molecular complexity index is 661. The molecule has 2 aromatic rings. The van der Waals surface area contributed by atoms with Crippen LogP contribution in [0.1, 0.15) is 29.2 Å². The van der Waals surface area contributed by atoms with Gasteiger partial charge >= 0.3 is 0 Å². The number of rotatable bonds is 3. The van der Waals surface area contributed by atoms with E-state index < -0.39 is 0 Å². The summed E-state index contributed by atoms with van der Waals surface area (Å²) >= 11 is 0. The lowest BCUT2D eigenvalue weighted by Gasteiger charge is -2.28. The van der Waals surface area contributed by atoms with Crippen LogP contribution in [0.2, 0.25) is 0 Å². The number of ketones is 1. The first-order valence-corrected chi connectivity index (χ1v) is 7.08. The summed E-state index contributed by atoms with van der Waals surface area (Å²) in [5, 5.41) is 0. The average molecular weight is 279 g/mol. The number of aryl methyl sites for hydroxylation is 1. The zero-order valence-corrected chi connectivity index (χ0v) is 12.0. The number of hydrogen-bond donors (Lipinski definition) is 0. The van der Waals surface area contributed by atoms with Crippen LogP contribution in [0.4, 0.5) is 0 Å². The molecule has 21 heavy (non-hydrogen) atoms. The molecule has 3 heteroatoms. The summed E-state index contributed by atoms with van der Waals surface area (Å²) in [6.45, 7) is 2.23. The molecule has 1 atom stereocenters. The molecule has 0 radical (unpaired) electrons. The Labute approximate surface area is 124 Å². The fourth-order valence-electron chi connectivity index (χ4n) is 2.78. The Morgan fingerprint density at radius 2 is 1.52 bits per heavy atom. The van der Waals surface area contributed by atoms with Crippen molar-refractivity contribution in [3.05, 3.63) is 71.3 Å². The number of amides is 1. The average Bonchev–Trinajstić information content (AvgIpc) is 2.81. The van der Waals surface area contributed by atoms with Crippen molar-refractivity contribution in [2.24, 2.45) is 0 Å². The van der Waals surface area contributed by atoms with Crippen molar-refractivity contribution in [3.8, 4) is 0 Å². The number of likely N-dealkylation sites (tertiary alicyclic amines) is 1. The molecule has 1 amide bonds. The van der Waals surface area contributed by atoms with Crippen LogP contribution in [0, 0.1) is 6.92 Å². The van der Waals surface area contributed by atoms with E-state index in [-0.39, 0.29) is 30.7 Å². The van der Waals surface area contributed by atoms with Gasteiger partial charge in [-0.05, 0) is 18.1 Å². The van der Waals surface area contributed by atoms with Crippen molar-refractivity contribution >= 4 is 11.7 Å². The highest BCUT2D eigenvalue weighted by molar-refractivity contribution is 6.05. The maximum Gasteiger partial charge on any atom is 0.231 e. The van der Waals surface area contributed by atoms with E-state index in [1.54, 1.807) is 4.90 Å². The van der Waals surface area contributed by atoms with Gasteiger partial charge in [0, 0.05) is 0 Å². The number of carbonyl (C=O) groups is 2. The van der Waals surface area contributed by atoms with Gasteiger partial charge in [0.2, 0.25) is 5.91 Å². The number of nitrogens with zero attached hydrogens (tertiary/aromatic N) is 1. The van der Waals surface area contributed by atoms with Gasteiger partial charge in [-0.3, -0.25) is 9.59 Å². The minimum Gasteiger partial charge on any atom is -0.324 e. The standard InChI is InChI=1S/C18H17NO2/c1-13-7-9-15(10-8-13)18(14-5-3-2-4-6-14)19-12-16(20)11-17(19)21/h2-10,18H,11-12H2,1H3. The predicted molar refractivity (Wildman–Crippen MR) is 80.8 cm³/mol. The second kappa shape index (κ2) is 5.52. The maximum absolute atomic E-state index is 12.1. The summed E-state index contributed by atoms with van der Waals surface area (Å²) in [5.74, 6) is -0.0949. The van der Waals surface area contributed by atoms with Crippen molar-refractivity contribution in [3.63, 3.8) is 0 Å². The summed E-state index contributed by atoms with van der Waals surface area (Å²) in [4.78, 5) is 25.5. The molecule has 3 nitrogen and oxygen atoms in total. The van der Waals surface area contributed by atoms with Gasteiger partial charge in [0.25, 0.3) is 0 Å². The highest BCUT2D eigenvalue weighted by atomic mass is 16.2. The zero-order valence-electron chi connectivity index (χ0n) is 12.0. The molecule has 0 N–H and O–H groups in total. The number of Topliss-reactive ketones (excluding diaryl/α,β-unsaturated/α-hetero) is 1. The zero-order chi connectivity index (χ0) is 14.8. The van der Waals surface area contributed by atoms with Gasteiger partial charge in [0.15, 0.2) is 5.78 Å². The van der Waals surface area contributed by atoms with Gasteiger partial charge in [0.1, 0.15) is 0 Å². The van der Waals surface area contributed by atoms with E-state index in [2.05, 4.69) is 0 Å². The normalized spacial score (nSPS) is 16.3. The molecule has 1 aliphatic rings. The summed E-state index contributed by atoms with van der Waals surface area (Å²) < 4.78 is 0. The number of carbonyl (C=O) groups excluding carboxylic acids is 2. The van der Waals surface area contributed by atoms with Gasteiger partial charge in [-0.25, -0.2) is 0 Å². The molecular weight excluding hydrogens is 262 g/mol. The smallest absolute Gasteiger partial charge is 0.231 e. The van der Waals surface area contributed by atoms with E-state index >= 15 is 0 Å². The van der Waals surface area contributed by atoms with Gasteiger partial charge in [-0.2, -0.15) is 0 Å². The topological polar surface area (TPSA) is 37.4 Å². The summed E-state index contributed by atoms with van der Waals surface area (Å²) in [5.41, 5.74) is 3.24. The molecular formula is C18H17NO2. The van der Waals surface area contributed by atoms with Crippen LogP contribution in [0.3, 0.4) is 0 Å². The van der Waals surface area contributed by atoms with Crippen molar-refractivity contribution < 1.29 is 9.59 Å². The molecule has 1 fully saturated rings. The van der Waals surface area contributed by atoms with E-state index in [9.17, 15) is 9.59 Å². The van der Waals surface area contributed by atoms with Crippen LogP contribution in [0.25, 0.3) is 0 Å². The highest BCUT2D eigenvalue weighted by Gasteiger charge is 2.34. The van der Waals surface area contributed by atoms with Gasteiger partial charge in [0.05, 0.1) is 19.0 Å². The second-order valence-corrected chi connectivity index (χ2v) is 5.46. The molecule has 0 bridgehead atoms. The first-order chi connectivity index (χ1) is 10.1. The quantitative estimate of drug-likeness (QED) is 0.810. The summed E-state index contributed by atoms with van der Waals surface area (Å²) in [6.07, 6.45) is 0.0230. The van der Waals surface area contributed by atoms with E-state index in [1.165, 1.54) is 5.56 Å². The van der Waals surface area contributed by atoms with Crippen molar-refractivity contribution in [1.29, 1.82) is 0 Å². The Morgan fingerprint density at radius 1 is 0.905 bits per heavy atom. The van der Waals surface area contributed by atoms with Gasteiger partial charge in [-0.15, -0.1) is 0 Å². The molecule has 106 valence electrons. The third-order valence-corrected chi connectivity index (χ3v) is 3.84. The third-order valence-electron chi connectivity index (χ3n) is 3.84. The molecule has 1 unspecified atom stereocenters. The Morgan fingerprint density at radius 3 is 2.10 bits per heavy atom. The van der Waals surface area contributed by atoms with E-state index in [0.717, 1.165) is 11.1 Å². The van der Waals surface area contributed by atoms with Crippen LogP contribution in [0.15, 0.2) is 54.6 Å². The second-order valence-electron chi connectivity index (χ2n) is 5.46. The SMILES string of the molecule is Cc1ccc(C(c2ccccc2)N2CC(=O)CC2=O)cc1. The molecule has 3 rings (SSSR count). The lowest BCUT2D eigenvalue weighted by Crippen LogP contribution is -2.31. The number of benzene rings is 2. The fraction of sp³-hybridized carbons (Fsp3) is 0.222. The molecule has 2 aromatic carbocycles. The van der Waals surface area contributed by atoms with Crippen molar-refractivity contribution in [2.45, 2.75) is 19.4 Å². The minimum absolute atomic E-state index is 0.00644. The Hall–Kier alpha value is -2.42. The molecule has 0 aromatic heterocycles. The monoisotopic (exact) mass is 279 g/mol. The minimum atomic E-state index is -0.189. The summed E-state index contributed by atoms with van der Waals surface area (Å²) in [6, 6.07) is 17.8. The molecule has 0 saturated carbocycles. The lowest BCUT2D eigenvalue weighted by molar-refractivity contribution is -0.129. The van der Waals surface area contributed by atoms with Crippen LogP contribution < -0.4 is 0 Å². The maximum atomic E-state index is 12.1. The largest absolute Gasteiger partial charge is 0.324 e. The lowest BCUT2D eigenvalue weighted by atomic mass is 9.96. The van der Waals surface area contributed by atoms with Gasteiger partial charge < -0.3 is 4.90 Å². The first-order valence-electron chi connectivity index (χ1n) is 7.08. The van der Waals surface area contributed by atoms with Crippen molar-refractivity contribution in [2.75, 3.05) is 6.54 Å². The summed E-state index contributed by atoms with van der Waals surface area (Å²) in [7, 11) is 0. The van der Waals surface area contributed by atoms with E-state index in [1.807, 2.05) is 61.5 Å². The van der Waals surface area contributed by atoms with Crippen LogP contribution in [-0.4, -0.2) is 23.1 Å². The van der Waals surface area contributed by atoms with Gasteiger partial charge in [-0.1, -0.05) is 60.2 Å². The first kappa shape index (κ1) is 13.6. The van der Waals surface area contributed by atoms with Crippen LogP contribution >= 0.6 is 0 Å². The Kier molecular flexibility index (Phi) is 3.57. The van der Waals surface area contributed by atoms with E-state index in [0.29, 0.717) is 0 Å². The number of hydrogen-bond acceptors (Lipinski definition) is 2. The molecule has 1 aliphatic heterocycles. The van der Waals surface area contributed by atoms with Crippen molar-refractivity contribution in [1.82, 2.24) is 4.90 Å². The predicted octanol–water partition coefficient (Wildman–Crippen LogP) is 2.89. The highest BCUT2D eigenvalue weighted by Crippen LogP contribution is 2.31. The van der Waals surface area contributed by atoms with E-state index in [4.69, 9.17) is 0 Å². The third kappa shape index (κ3) is 2.72. The van der Waals surface area contributed by atoms with Crippen LogP contribution in [0.5, 0.6) is 0 Å². The molecule has 1 saturated heterocycles. The Balaban J connectivity index is 2.05. The molecule has 0 spiro atoms. The fourth-order valence-corrected chi connectivity index (χ4v) is 2.78. The van der Waals surface area contributed by atoms with Crippen LogP contribution in [-0.2, 0) is 9.59 Å². The molecule has 0 aliphatic carbocycles. The molecule has 1 heterocycles.